The number of likely N-dealkylation sites (tertiary alicyclic amines) is 1. The lowest BCUT2D eigenvalue weighted by molar-refractivity contribution is -0.138. The third-order valence-corrected chi connectivity index (χ3v) is 5.09. The molecule has 1 amide bonds. The molecule has 1 fully saturated rings. The average molecular weight is 377 g/mol. The van der Waals surface area contributed by atoms with Crippen LogP contribution in [0.5, 0.6) is 11.5 Å². The van der Waals surface area contributed by atoms with Crippen molar-refractivity contribution in [2.75, 3.05) is 40.0 Å². The second-order valence-corrected chi connectivity index (χ2v) is 7.13. The maximum Gasteiger partial charge on any atom is 0.317 e. The standard InChI is InChI=1S/C19H27N3O5/c1-21(12-19(24)25)15-3-2-7-22(8-6-15)11-18(23)20-10-14-4-5-16-17(9-14)27-13-26-16/h4-5,9,15H,2-3,6-8,10-13H2,1H3,(H,20,23)(H,24,25). The Morgan fingerprint density at radius 3 is 2.89 bits per heavy atom. The third-order valence-electron chi connectivity index (χ3n) is 5.09. The number of carbonyl (C=O) groups excluding carboxylic acids is 1. The Morgan fingerprint density at radius 1 is 1.26 bits per heavy atom. The van der Waals surface area contributed by atoms with Crippen LogP contribution in [0.2, 0.25) is 0 Å². The maximum atomic E-state index is 12.3. The van der Waals surface area contributed by atoms with Crippen molar-refractivity contribution in [3.8, 4) is 11.5 Å². The van der Waals surface area contributed by atoms with Gasteiger partial charge in [-0.05, 0) is 50.6 Å². The van der Waals surface area contributed by atoms with E-state index < -0.39 is 5.97 Å². The van der Waals surface area contributed by atoms with E-state index in [0.29, 0.717) is 18.8 Å². The van der Waals surface area contributed by atoms with E-state index in [4.69, 9.17) is 14.6 Å². The molecule has 2 heterocycles. The van der Waals surface area contributed by atoms with Crippen molar-refractivity contribution in [2.24, 2.45) is 0 Å². The van der Waals surface area contributed by atoms with E-state index in [1.165, 1.54) is 0 Å². The molecule has 1 aromatic carbocycles. The zero-order valence-corrected chi connectivity index (χ0v) is 15.6. The fraction of sp³-hybridized carbons (Fsp3) is 0.579. The van der Waals surface area contributed by atoms with Crippen LogP contribution in [0.15, 0.2) is 18.2 Å². The van der Waals surface area contributed by atoms with Crippen LogP contribution in [-0.4, -0.2) is 72.8 Å². The summed E-state index contributed by atoms with van der Waals surface area (Å²) in [6, 6.07) is 5.91. The number of likely N-dealkylation sites (N-methyl/N-ethyl adjacent to an activating group) is 1. The van der Waals surface area contributed by atoms with Gasteiger partial charge >= 0.3 is 5.97 Å². The molecule has 2 aliphatic rings. The van der Waals surface area contributed by atoms with Gasteiger partial charge in [0.25, 0.3) is 0 Å². The first-order valence-electron chi connectivity index (χ1n) is 9.31. The Balaban J connectivity index is 1.42. The average Bonchev–Trinajstić information content (AvgIpc) is 2.97. The number of carboxylic acid groups (broad SMARTS) is 1. The van der Waals surface area contributed by atoms with Crippen LogP contribution < -0.4 is 14.8 Å². The number of ether oxygens (including phenoxy) is 2. The van der Waals surface area contributed by atoms with Crippen molar-refractivity contribution in [3.63, 3.8) is 0 Å². The smallest absolute Gasteiger partial charge is 0.317 e. The van der Waals surface area contributed by atoms with Crippen LogP contribution in [0.1, 0.15) is 24.8 Å². The van der Waals surface area contributed by atoms with Crippen LogP contribution in [-0.2, 0) is 16.1 Å². The molecular weight excluding hydrogens is 350 g/mol. The molecule has 2 N–H and O–H groups in total. The lowest BCUT2D eigenvalue weighted by atomic mass is 10.1. The number of hydrogen-bond acceptors (Lipinski definition) is 6. The Kier molecular flexibility index (Phi) is 6.52. The van der Waals surface area contributed by atoms with E-state index in [2.05, 4.69) is 10.2 Å². The van der Waals surface area contributed by atoms with Crippen molar-refractivity contribution >= 4 is 11.9 Å². The largest absolute Gasteiger partial charge is 0.480 e. The van der Waals surface area contributed by atoms with Gasteiger partial charge in [-0.3, -0.25) is 19.4 Å². The van der Waals surface area contributed by atoms with Gasteiger partial charge in [-0.2, -0.15) is 0 Å². The van der Waals surface area contributed by atoms with Gasteiger partial charge in [-0.15, -0.1) is 0 Å². The van der Waals surface area contributed by atoms with Crippen LogP contribution in [0, 0.1) is 0 Å². The number of benzene rings is 1. The molecule has 8 heteroatoms. The Morgan fingerprint density at radius 2 is 2.07 bits per heavy atom. The van der Waals surface area contributed by atoms with Crippen molar-refractivity contribution in [1.29, 1.82) is 0 Å². The van der Waals surface area contributed by atoms with Crippen molar-refractivity contribution in [2.45, 2.75) is 31.8 Å². The third kappa shape index (κ3) is 5.58. The highest BCUT2D eigenvalue weighted by Gasteiger charge is 2.22. The summed E-state index contributed by atoms with van der Waals surface area (Å²) in [7, 11) is 1.85. The molecule has 0 bridgehead atoms. The number of aliphatic carboxylic acids is 1. The molecule has 0 aliphatic carbocycles. The van der Waals surface area contributed by atoms with Gasteiger partial charge in [0.1, 0.15) is 0 Å². The first kappa shape index (κ1) is 19.4. The van der Waals surface area contributed by atoms with E-state index in [0.717, 1.165) is 43.7 Å². The van der Waals surface area contributed by atoms with Crippen LogP contribution >= 0.6 is 0 Å². The molecule has 8 nitrogen and oxygen atoms in total. The second-order valence-electron chi connectivity index (χ2n) is 7.13. The molecule has 3 rings (SSSR count). The van der Waals surface area contributed by atoms with Gasteiger partial charge in [0.2, 0.25) is 12.7 Å². The highest BCUT2D eigenvalue weighted by atomic mass is 16.7. The van der Waals surface area contributed by atoms with Gasteiger partial charge in [-0.25, -0.2) is 0 Å². The molecule has 1 saturated heterocycles. The lowest BCUT2D eigenvalue weighted by Crippen LogP contribution is -2.39. The minimum absolute atomic E-state index is 0.00925. The molecule has 27 heavy (non-hydrogen) atoms. The minimum atomic E-state index is -0.804. The first-order chi connectivity index (χ1) is 13.0. The van der Waals surface area contributed by atoms with E-state index in [1.54, 1.807) is 0 Å². The Hall–Kier alpha value is -2.32. The van der Waals surface area contributed by atoms with E-state index in [-0.39, 0.29) is 25.3 Å². The highest BCUT2D eigenvalue weighted by Crippen LogP contribution is 2.32. The number of rotatable bonds is 7. The SMILES string of the molecule is CN(CC(=O)O)C1CCCN(CC(=O)NCc2ccc3c(c2)OCO3)CC1. The molecule has 0 radical (unpaired) electrons. The summed E-state index contributed by atoms with van der Waals surface area (Å²) < 4.78 is 10.6. The zero-order valence-electron chi connectivity index (χ0n) is 15.6. The topological polar surface area (TPSA) is 91.3 Å². The number of nitrogens with zero attached hydrogens (tertiary/aromatic N) is 2. The number of amides is 1. The second kappa shape index (κ2) is 9.05. The molecule has 0 saturated carbocycles. The molecule has 1 atom stereocenters. The van der Waals surface area contributed by atoms with E-state index in [9.17, 15) is 9.59 Å². The summed E-state index contributed by atoms with van der Waals surface area (Å²) in [5.41, 5.74) is 0.971. The summed E-state index contributed by atoms with van der Waals surface area (Å²) in [5.74, 6) is 0.634. The van der Waals surface area contributed by atoms with Gasteiger partial charge in [0, 0.05) is 19.1 Å². The molecular formula is C19H27N3O5. The van der Waals surface area contributed by atoms with Gasteiger partial charge in [0.15, 0.2) is 11.5 Å². The summed E-state index contributed by atoms with van der Waals surface area (Å²) in [6.07, 6.45) is 2.79. The number of carbonyl (C=O) groups is 2. The van der Waals surface area contributed by atoms with Crippen LogP contribution in [0.25, 0.3) is 0 Å². The van der Waals surface area contributed by atoms with Gasteiger partial charge in [0.05, 0.1) is 13.1 Å². The fourth-order valence-corrected chi connectivity index (χ4v) is 3.59. The first-order valence-corrected chi connectivity index (χ1v) is 9.31. The Labute approximate surface area is 159 Å². The zero-order chi connectivity index (χ0) is 19.2. The van der Waals surface area contributed by atoms with Gasteiger partial charge in [-0.1, -0.05) is 6.07 Å². The quantitative estimate of drug-likeness (QED) is 0.730. The van der Waals surface area contributed by atoms with Crippen LogP contribution in [0.3, 0.4) is 0 Å². The van der Waals surface area contributed by atoms with E-state index >= 15 is 0 Å². The maximum absolute atomic E-state index is 12.3. The number of fused-ring (bicyclic) bond motifs is 1. The predicted octanol–water partition coefficient (Wildman–Crippen LogP) is 0.902. The monoisotopic (exact) mass is 377 g/mol. The van der Waals surface area contributed by atoms with Crippen LogP contribution in [0.4, 0.5) is 0 Å². The number of nitrogens with one attached hydrogen (secondary N) is 1. The minimum Gasteiger partial charge on any atom is -0.480 e. The number of carboxylic acids is 1. The van der Waals surface area contributed by atoms with E-state index in [1.807, 2.05) is 30.1 Å². The molecule has 0 aromatic heterocycles. The summed E-state index contributed by atoms with van der Waals surface area (Å²) in [5, 5.41) is 11.9. The molecule has 1 aromatic rings. The lowest BCUT2D eigenvalue weighted by Gasteiger charge is -2.25. The highest BCUT2D eigenvalue weighted by molar-refractivity contribution is 5.78. The summed E-state index contributed by atoms with van der Waals surface area (Å²) in [6.45, 7) is 2.76. The van der Waals surface area contributed by atoms with Crippen molar-refractivity contribution in [3.05, 3.63) is 23.8 Å². The fourth-order valence-electron chi connectivity index (χ4n) is 3.59. The van der Waals surface area contributed by atoms with Crippen molar-refractivity contribution in [1.82, 2.24) is 15.1 Å². The van der Waals surface area contributed by atoms with Gasteiger partial charge < -0.3 is 19.9 Å². The summed E-state index contributed by atoms with van der Waals surface area (Å²) in [4.78, 5) is 27.2. The molecule has 1 unspecified atom stereocenters. The normalized spacial score (nSPS) is 19.7. The predicted molar refractivity (Wildman–Crippen MR) is 98.8 cm³/mol. The molecule has 0 spiro atoms. The molecule has 2 aliphatic heterocycles. The number of hydrogen-bond donors (Lipinski definition) is 2. The molecule has 148 valence electrons. The Bertz CT molecular complexity index is 681. The summed E-state index contributed by atoms with van der Waals surface area (Å²) >= 11 is 0. The van der Waals surface area contributed by atoms with Crippen molar-refractivity contribution < 1.29 is 24.2 Å².